The van der Waals surface area contributed by atoms with E-state index in [4.69, 9.17) is 0 Å². The van der Waals surface area contributed by atoms with Crippen LogP contribution in [0.2, 0.25) is 0 Å². The molecule has 0 amide bonds. The molecule has 6 heteroatoms. The summed E-state index contributed by atoms with van der Waals surface area (Å²) < 4.78 is 2.02. The molecule has 0 atom stereocenters. The Morgan fingerprint density at radius 3 is 2.41 bits per heavy atom. The van der Waals surface area contributed by atoms with Crippen molar-refractivity contribution in [3.63, 3.8) is 0 Å². The Hall–Kier alpha value is -3.25. The van der Waals surface area contributed by atoms with Crippen molar-refractivity contribution in [1.82, 2.24) is 24.7 Å². The van der Waals surface area contributed by atoms with Gasteiger partial charge in [-0.2, -0.15) is 0 Å². The fourth-order valence-electron chi connectivity index (χ4n) is 2.62. The number of benzene rings is 2. The van der Waals surface area contributed by atoms with Crippen molar-refractivity contribution < 1.29 is 0 Å². The molecule has 0 fully saturated rings. The van der Waals surface area contributed by atoms with Crippen LogP contribution in [0, 0.1) is 0 Å². The van der Waals surface area contributed by atoms with Gasteiger partial charge < -0.3 is 0 Å². The molecule has 0 saturated carbocycles. The van der Waals surface area contributed by atoms with E-state index in [0.29, 0.717) is 11.5 Å². The Bertz CT molecular complexity index is 1010. The second kappa shape index (κ2) is 8.42. The van der Waals surface area contributed by atoms with E-state index in [9.17, 15) is 0 Å². The normalized spacial score (nSPS) is 11.1. The van der Waals surface area contributed by atoms with E-state index in [1.807, 2.05) is 53.1 Å². The molecule has 27 heavy (non-hydrogen) atoms. The minimum atomic E-state index is 0.684. The molecule has 2 aromatic carbocycles. The van der Waals surface area contributed by atoms with Crippen molar-refractivity contribution >= 4 is 17.8 Å². The van der Waals surface area contributed by atoms with E-state index in [1.165, 1.54) is 5.56 Å². The van der Waals surface area contributed by atoms with Gasteiger partial charge in [0, 0.05) is 23.8 Å². The van der Waals surface area contributed by atoms with Gasteiger partial charge in [0.2, 0.25) is 0 Å². The van der Waals surface area contributed by atoms with E-state index < -0.39 is 0 Å². The average Bonchev–Trinajstić information content (AvgIpc) is 3.17. The van der Waals surface area contributed by atoms with Gasteiger partial charge in [0.15, 0.2) is 11.0 Å². The lowest BCUT2D eigenvalue weighted by atomic mass is 10.2. The van der Waals surface area contributed by atoms with Crippen LogP contribution in [-0.2, 0) is 0 Å². The molecule has 0 aliphatic heterocycles. The number of rotatable bonds is 6. The van der Waals surface area contributed by atoms with E-state index >= 15 is 0 Å². The van der Waals surface area contributed by atoms with Crippen molar-refractivity contribution in [1.29, 1.82) is 0 Å². The molecule has 0 radical (unpaired) electrons. The largest absolute Gasteiger partial charge is 0.269 e. The lowest BCUT2D eigenvalue weighted by Crippen LogP contribution is -2.00. The van der Waals surface area contributed by atoms with Gasteiger partial charge in [-0.15, -0.1) is 10.2 Å². The van der Waals surface area contributed by atoms with Crippen LogP contribution in [0.3, 0.4) is 0 Å². The summed E-state index contributed by atoms with van der Waals surface area (Å²) in [5.41, 5.74) is 2.88. The molecule has 5 nitrogen and oxygen atoms in total. The maximum atomic E-state index is 4.39. The Kier molecular flexibility index (Phi) is 5.36. The summed E-state index contributed by atoms with van der Waals surface area (Å²) in [5.74, 6) is 1.48. The molecule has 4 aromatic rings. The van der Waals surface area contributed by atoms with Crippen LogP contribution in [-0.4, -0.2) is 30.5 Å². The predicted molar refractivity (Wildman–Crippen MR) is 109 cm³/mol. The molecule has 2 heterocycles. The molecule has 132 valence electrons. The average molecular weight is 371 g/mol. The molecule has 0 unspecified atom stereocenters. The number of hydrogen-bond donors (Lipinski definition) is 0. The predicted octanol–water partition coefficient (Wildman–Crippen LogP) is 4.53. The highest BCUT2D eigenvalue weighted by atomic mass is 32.2. The van der Waals surface area contributed by atoms with E-state index in [2.05, 4.69) is 44.5 Å². The number of thioether (sulfide) groups is 1. The zero-order valence-corrected chi connectivity index (χ0v) is 15.3. The molecule has 0 N–H and O–H groups in total. The molecule has 2 aromatic heterocycles. The van der Waals surface area contributed by atoms with Gasteiger partial charge in [0.1, 0.15) is 5.69 Å². The fraction of sp³-hybridized carbons (Fsp3) is 0.0476. The standard InChI is InChI=1S/C21H17N5S/c1-3-8-17(9-4-1)10-7-15-27-21-25-24-20(19-16-22-13-14-23-19)26(21)18-11-5-2-6-12-18/h1-14,16H,15H2/b10-7+. The first-order chi connectivity index (χ1) is 13.4. The zero-order chi connectivity index (χ0) is 18.3. The summed E-state index contributed by atoms with van der Waals surface area (Å²) in [6, 6.07) is 20.3. The van der Waals surface area contributed by atoms with E-state index in [-0.39, 0.29) is 0 Å². The molecule has 0 spiro atoms. The minimum absolute atomic E-state index is 0.684. The zero-order valence-electron chi connectivity index (χ0n) is 14.5. The van der Waals surface area contributed by atoms with Crippen LogP contribution in [0.15, 0.2) is 90.5 Å². The topological polar surface area (TPSA) is 56.5 Å². The second-order valence-electron chi connectivity index (χ2n) is 5.69. The highest BCUT2D eigenvalue weighted by Crippen LogP contribution is 2.26. The number of aromatic nitrogens is 5. The maximum absolute atomic E-state index is 4.39. The van der Waals surface area contributed by atoms with Gasteiger partial charge >= 0.3 is 0 Å². The number of nitrogens with zero attached hydrogens (tertiary/aromatic N) is 5. The third kappa shape index (κ3) is 4.12. The maximum Gasteiger partial charge on any atom is 0.196 e. The van der Waals surface area contributed by atoms with Gasteiger partial charge in [-0.05, 0) is 17.7 Å². The molecular weight excluding hydrogens is 354 g/mol. The first-order valence-electron chi connectivity index (χ1n) is 8.53. The van der Waals surface area contributed by atoms with Crippen LogP contribution in [0.1, 0.15) is 5.56 Å². The molecule has 0 saturated heterocycles. The van der Waals surface area contributed by atoms with Crippen molar-refractivity contribution in [2.24, 2.45) is 0 Å². The van der Waals surface area contributed by atoms with Gasteiger partial charge in [0.05, 0.1) is 6.20 Å². The van der Waals surface area contributed by atoms with Gasteiger partial charge in [-0.25, -0.2) is 4.98 Å². The Morgan fingerprint density at radius 2 is 1.67 bits per heavy atom. The lowest BCUT2D eigenvalue weighted by molar-refractivity contribution is 0.886. The smallest absolute Gasteiger partial charge is 0.196 e. The Balaban J connectivity index is 1.61. The second-order valence-corrected chi connectivity index (χ2v) is 6.68. The van der Waals surface area contributed by atoms with E-state index in [1.54, 1.807) is 30.4 Å². The first-order valence-corrected chi connectivity index (χ1v) is 9.52. The Labute approximate surface area is 161 Å². The monoisotopic (exact) mass is 371 g/mol. The minimum Gasteiger partial charge on any atom is -0.269 e. The van der Waals surface area contributed by atoms with Crippen LogP contribution < -0.4 is 0 Å². The summed E-state index contributed by atoms with van der Waals surface area (Å²) in [4.78, 5) is 8.53. The SMILES string of the molecule is C(=C\c1ccccc1)/CSc1nnc(-c2cnccn2)n1-c1ccccc1. The molecular formula is C21H17N5S. The lowest BCUT2D eigenvalue weighted by Gasteiger charge is -2.09. The Morgan fingerprint density at radius 1 is 0.889 bits per heavy atom. The molecule has 0 aliphatic rings. The highest BCUT2D eigenvalue weighted by molar-refractivity contribution is 7.99. The summed E-state index contributed by atoms with van der Waals surface area (Å²) in [5, 5.41) is 9.57. The van der Waals surface area contributed by atoms with Crippen LogP contribution >= 0.6 is 11.8 Å². The highest BCUT2D eigenvalue weighted by Gasteiger charge is 2.16. The summed E-state index contributed by atoms with van der Waals surface area (Å²) >= 11 is 1.63. The third-order valence-electron chi connectivity index (χ3n) is 3.86. The van der Waals surface area contributed by atoms with Crippen molar-refractivity contribution in [3.8, 4) is 17.2 Å². The number of hydrogen-bond acceptors (Lipinski definition) is 5. The van der Waals surface area contributed by atoms with Crippen molar-refractivity contribution in [3.05, 3.63) is 90.9 Å². The molecule has 4 rings (SSSR count). The van der Waals surface area contributed by atoms with Gasteiger partial charge in [0.25, 0.3) is 0 Å². The third-order valence-corrected chi connectivity index (χ3v) is 4.74. The van der Waals surface area contributed by atoms with Crippen molar-refractivity contribution in [2.75, 3.05) is 5.75 Å². The fourth-order valence-corrected chi connectivity index (χ4v) is 3.39. The molecule has 0 aliphatic carbocycles. The van der Waals surface area contributed by atoms with Crippen LogP contribution in [0.5, 0.6) is 0 Å². The molecule has 0 bridgehead atoms. The summed E-state index contributed by atoms with van der Waals surface area (Å²) in [6.45, 7) is 0. The van der Waals surface area contributed by atoms with Crippen LogP contribution in [0.4, 0.5) is 0 Å². The summed E-state index contributed by atoms with van der Waals surface area (Å²) in [6.07, 6.45) is 9.25. The summed E-state index contributed by atoms with van der Waals surface area (Å²) in [7, 11) is 0. The van der Waals surface area contributed by atoms with Gasteiger partial charge in [-0.3, -0.25) is 9.55 Å². The quantitative estimate of drug-likeness (QED) is 0.466. The number of para-hydroxylation sites is 1. The van der Waals surface area contributed by atoms with Crippen LogP contribution in [0.25, 0.3) is 23.3 Å². The van der Waals surface area contributed by atoms with Gasteiger partial charge in [-0.1, -0.05) is 72.4 Å². The van der Waals surface area contributed by atoms with Crippen molar-refractivity contribution in [2.45, 2.75) is 5.16 Å². The van der Waals surface area contributed by atoms with E-state index in [0.717, 1.165) is 16.6 Å². The first kappa shape index (κ1) is 17.2.